The largest absolute Gasteiger partial charge is 0.504 e. The quantitative estimate of drug-likeness (QED) is 0.529. The predicted molar refractivity (Wildman–Crippen MR) is 121 cm³/mol. The normalized spacial score (nSPS) is 36.0. The summed E-state index contributed by atoms with van der Waals surface area (Å²) < 4.78 is 6.40. The summed E-state index contributed by atoms with van der Waals surface area (Å²) in [7, 11) is 2.07. The maximum atomic E-state index is 12.1. The number of aromatic hydroxyl groups is 1. The van der Waals surface area contributed by atoms with Crippen LogP contribution in [0.2, 0.25) is 0 Å². The Balaban J connectivity index is 0.00000136. The first-order valence-electron chi connectivity index (χ1n) is 10.6. The molecule has 1 spiro atoms. The molecule has 5 rings (SSSR count). The van der Waals surface area contributed by atoms with Gasteiger partial charge in [-0.1, -0.05) is 19.9 Å². The van der Waals surface area contributed by atoms with Crippen LogP contribution >= 0.6 is 24.8 Å². The molecule has 1 aromatic carbocycles. The third kappa shape index (κ3) is 3.00. The summed E-state index contributed by atoms with van der Waals surface area (Å²) in [5, 5.41) is 35.7. The van der Waals surface area contributed by atoms with Crippen molar-refractivity contribution in [3.63, 3.8) is 0 Å². The van der Waals surface area contributed by atoms with Gasteiger partial charge >= 0.3 is 5.97 Å². The highest BCUT2D eigenvalue weighted by Gasteiger charge is 2.72. The van der Waals surface area contributed by atoms with E-state index in [1.54, 1.807) is 6.07 Å². The van der Waals surface area contributed by atoms with Crippen molar-refractivity contribution in [2.24, 2.45) is 5.92 Å². The number of halogens is 2. The van der Waals surface area contributed by atoms with Crippen molar-refractivity contribution in [2.45, 2.75) is 74.8 Å². The molecule has 9 heteroatoms. The zero-order chi connectivity index (χ0) is 20.7. The van der Waals surface area contributed by atoms with E-state index in [4.69, 9.17) is 4.74 Å². The van der Waals surface area contributed by atoms with Gasteiger partial charge < -0.3 is 25.0 Å². The van der Waals surface area contributed by atoms with Crippen molar-refractivity contribution in [3.8, 4) is 11.5 Å². The number of hydrogen-bond acceptors (Lipinski definition) is 6. The van der Waals surface area contributed by atoms with Gasteiger partial charge in [0.25, 0.3) is 0 Å². The van der Waals surface area contributed by atoms with Gasteiger partial charge in [-0.3, -0.25) is 10.1 Å². The lowest BCUT2D eigenvalue weighted by Gasteiger charge is -2.63. The Bertz CT molecular complexity index is 884. The minimum Gasteiger partial charge on any atom is -0.504 e. The van der Waals surface area contributed by atoms with Crippen molar-refractivity contribution in [1.29, 1.82) is 0 Å². The summed E-state index contributed by atoms with van der Waals surface area (Å²) in [6, 6.07) is 2.73. The number of aliphatic carboxylic acids is 1. The van der Waals surface area contributed by atoms with E-state index in [1.165, 1.54) is 0 Å². The average Bonchev–Trinajstić information content (AvgIpc) is 3.01. The average molecular weight is 475 g/mol. The lowest BCUT2D eigenvalue weighted by atomic mass is 9.48. The van der Waals surface area contributed by atoms with E-state index >= 15 is 0 Å². The number of phenolic OH excluding ortho intramolecular Hbond substituents is 1. The number of likely N-dealkylation sites (N-methyl/N-ethyl adjacent to an activating group) is 1. The first-order chi connectivity index (χ1) is 13.7. The van der Waals surface area contributed by atoms with Crippen LogP contribution in [-0.4, -0.2) is 69.6 Å². The molecule has 6 atom stereocenters. The summed E-state index contributed by atoms with van der Waals surface area (Å²) in [5.74, 6) is -0.360. The number of carboxylic acid groups (broad SMARTS) is 1. The molecule has 2 fully saturated rings. The number of likely N-dealkylation sites (tertiary alicyclic amines) is 1. The molecule has 0 amide bonds. The molecule has 31 heavy (non-hydrogen) atoms. The molecule has 0 aromatic heterocycles. The van der Waals surface area contributed by atoms with Crippen LogP contribution < -0.4 is 10.1 Å². The molecule has 1 aromatic rings. The second-order valence-electron chi connectivity index (χ2n) is 9.70. The number of carbonyl (C=O) groups is 1. The van der Waals surface area contributed by atoms with Gasteiger partial charge in [0.15, 0.2) is 11.5 Å². The Morgan fingerprint density at radius 2 is 2.00 bits per heavy atom. The van der Waals surface area contributed by atoms with E-state index in [2.05, 4.69) is 17.3 Å². The van der Waals surface area contributed by atoms with E-state index in [9.17, 15) is 20.1 Å². The molecule has 0 radical (unpaired) electrons. The van der Waals surface area contributed by atoms with Crippen LogP contribution in [0, 0.1) is 5.92 Å². The molecular weight excluding hydrogens is 443 g/mol. The third-order valence-corrected chi connectivity index (χ3v) is 8.06. The van der Waals surface area contributed by atoms with Crippen LogP contribution in [0.4, 0.5) is 0 Å². The van der Waals surface area contributed by atoms with Gasteiger partial charge in [-0.15, -0.1) is 24.8 Å². The Labute approximate surface area is 195 Å². The molecule has 174 valence electrons. The van der Waals surface area contributed by atoms with Gasteiger partial charge in [-0.05, 0) is 56.8 Å². The second kappa shape index (κ2) is 7.96. The second-order valence-corrected chi connectivity index (χ2v) is 9.70. The fraction of sp³-hybridized carbons (Fsp3) is 0.682. The van der Waals surface area contributed by atoms with E-state index in [-0.39, 0.29) is 48.6 Å². The number of nitrogens with zero attached hydrogens (tertiary/aromatic N) is 1. The maximum absolute atomic E-state index is 12.1. The highest BCUT2D eigenvalue weighted by molar-refractivity contribution is 5.85. The monoisotopic (exact) mass is 474 g/mol. The van der Waals surface area contributed by atoms with Crippen LogP contribution in [0.3, 0.4) is 0 Å². The SMILES string of the molecule is CC(C)[C@H](NC1CC[C@@]2(O)[C@H]3Cc4ccc(O)c5c4[C@@]2(CCN3C)C1O5)C(=O)O.Cl.Cl. The van der Waals surface area contributed by atoms with Crippen LogP contribution in [-0.2, 0) is 16.6 Å². The van der Waals surface area contributed by atoms with Gasteiger partial charge in [0, 0.05) is 17.6 Å². The van der Waals surface area contributed by atoms with Gasteiger partial charge in [0.2, 0.25) is 0 Å². The summed E-state index contributed by atoms with van der Waals surface area (Å²) in [4.78, 5) is 14.1. The molecule has 2 heterocycles. The summed E-state index contributed by atoms with van der Waals surface area (Å²) in [5.41, 5.74) is 0.505. The van der Waals surface area contributed by atoms with Gasteiger partial charge in [-0.2, -0.15) is 0 Å². The van der Waals surface area contributed by atoms with Crippen molar-refractivity contribution in [3.05, 3.63) is 23.3 Å². The molecular formula is C22H32Cl2N2O5. The van der Waals surface area contributed by atoms with Crippen molar-refractivity contribution >= 4 is 30.8 Å². The number of ether oxygens (including phenoxy) is 1. The topological polar surface area (TPSA) is 102 Å². The maximum Gasteiger partial charge on any atom is 0.320 e. The molecule has 4 aliphatic rings. The van der Waals surface area contributed by atoms with Crippen LogP contribution in [0.15, 0.2) is 12.1 Å². The first kappa shape index (κ1) is 24.4. The third-order valence-electron chi connectivity index (χ3n) is 8.06. The molecule has 1 saturated heterocycles. The highest BCUT2D eigenvalue weighted by Crippen LogP contribution is 2.65. The highest BCUT2D eigenvalue weighted by atomic mass is 35.5. The Morgan fingerprint density at radius 1 is 1.29 bits per heavy atom. The molecule has 2 aliphatic heterocycles. The van der Waals surface area contributed by atoms with Gasteiger partial charge in [0.05, 0.1) is 11.0 Å². The lowest BCUT2D eigenvalue weighted by Crippen LogP contribution is -2.78. The van der Waals surface area contributed by atoms with E-state index in [0.29, 0.717) is 18.6 Å². The van der Waals surface area contributed by atoms with Crippen LogP contribution in [0.25, 0.3) is 0 Å². The Morgan fingerprint density at radius 3 is 2.65 bits per heavy atom. The molecule has 4 N–H and O–H groups in total. The van der Waals surface area contributed by atoms with Gasteiger partial charge in [0.1, 0.15) is 12.1 Å². The Kier molecular flexibility index (Phi) is 6.26. The molecule has 2 bridgehead atoms. The first-order valence-corrected chi connectivity index (χ1v) is 10.6. The number of nitrogens with one attached hydrogen (secondary N) is 1. The van der Waals surface area contributed by atoms with Crippen molar-refractivity contribution in [2.75, 3.05) is 13.6 Å². The number of piperidine rings is 1. The van der Waals surface area contributed by atoms with Gasteiger partial charge in [-0.25, -0.2) is 0 Å². The Hall–Kier alpha value is -1.25. The molecule has 2 aliphatic carbocycles. The lowest BCUT2D eigenvalue weighted by molar-refractivity contribution is -0.188. The molecule has 7 nitrogen and oxygen atoms in total. The zero-order valence-corrected chi connectivity index (χ0v) is 19.6. The van der Waals surface area contributed by atoms with E-state index < -0.39 is 29.1 Å². The minimum atomic E-state index is -0.953. The zero-order valence-electron chi connectivity index (χ0n) is 18.0. The fourth-order valence-electron chi connectivity index (χ4n) is 6.70. The number of hydrogen-bond donors (Lipinski definition) is 4. The smallest absolute Gasteiger partial charge is 0.320 e. The van der Waals surface area contributed by atoms with E-state index in [0.717, 1.165) is 30.5 Å². The molecule has 2 unspecified atom stereocenters. The summed E-state index contributed by atoms with van der Waals surface area (Å²) >= 11 is 0. The fourth-order valence-corrected chi connectivity index (χ4v) is 6.70. The minimum absolute atomic E-state index is 0. The number of rotatable bonds is 4. The van der Waals surface area contributed by atoms with E-state index in [1.807, 2.05) is 19.9 Å². The number of carboxylic acids is 1. The number of aliphatic hydroxyl groups is 1. The predicted octanol–water partition coefficient (Wildman–Crippen LogP) is 2.09. The van der Waals surface area contributed by atoms with Crippen molar-refractivity contribution < 1.29 is 24.9 Å². The summed E-state index contributed by atoms with van der Waals surface area (Å²) in [6.45, 7) is 4.62. The van der Waals surface area contributed by atoms with Crippen molar-refractivity contribution in [1.82, 2.24) is 10.2 Å². The molecule has 1 saturated carbocycles. The standard InChI is InChI=1S/C22H30N2O5.2ClH/c1-11(2)17(20(26)27)23-13-6-7-22(28)15-10-12-4-5-14(25)18-16(12)21(22,19(13)29-18)8-9-24(15)3;;/h4-5,11,13,15,17,19,23,25,28H,6-10H2,1-3H3,(H,26,27);2*1H/t13?,15-,17+,19?,21+,22-;;/m1../s1. The number of benzene rings is 1. The summed E-state index contributed by atoms with van der Waals surface area (Å²) in [6.07, 6.45) is 2.27. The number of phenols is 1. The van der Waals surface area contributed by atoms with Crippen LogP contribution in [0.1, 0.15) is 44.2 Å². The van der Waals surface area contributed by atoms with Crippen LogP contribution in [0.5, 0.6) is 11.5 Å².